The topological polar surface area (TPSA) is 90.6 Å². The van der Waals surface area contributed by atoms with Crippen molar-refractivity contribution in [2.45, 2.75) is 12.0 Å². The van der Waals surface area contributed by atoms with E-state index in [1.165, 1.54) is 10.9 Å². The lowest BCUT2D eigenvalue weighted by Crippen LogP contribution is -2.12. The lowest BCUT2D eigenvalue weighted by Gasteiger charge is -2.04. The van der Waals surface area contributed by atoms with Crippen molar-refractivity contribution < 1.29 is 8.42 Å². The van der Waals surface area contributed by atoms with Crippen LogP contribution in [0.2, 0.25) is 6.82 Å². The van der Waals surface area contributed by atoms with Gasteiger partial charge >= 0.3 is 0 Å². The van der Waals surface area contributed by atoms with Crippen molar-refractivity contribution in [2.24, 2.45) is 0 Å². The van der Waals surface area contributed by atoms with E-state index < -0.39 is 9.84 Å². The predicted octanol–water partition coefficient (Wildman–Crippen LogP) is -0.00840. The summed E-state index contributed by atoms with van der Waals surface area (Å²) >= 11 is 0. The van der Waals surface area contributed by atoms with Gasteiger partial charge in [0.2, 0.25) is 15.0 Å². The van der Waals surface area contributed by atoms with Gasteiger partial charge < -0.3 is 0 Å². The maximum atomic E-state index is 11.6. The fourth-order valence-electron chi connectivity index (χ4n) is 1.90. The SMILES string of the molecule is C[B]c1cccc(-n2nnc3cnc(S(C)(=O)=O)nc32)c1. The zero-order chi connectivity index (χ0) is 15.0. The third-order valence-corrected chi connectivity index (χ3v) is 3.81. The highest BCUT2D eigenvalue weighted by Gasteiger charge is 2.15. The van der Waals surface area contributed by atoms with E-state index >= 15 is 0 Å². The maximum absolute atomic E-state index is 11.6. The van der Waals surface area contributed by atoms with Gasteiger partial charge in [-0.25, -0.2) is 13.4 Å². The summed E-state index contributed by atoms with van der Waals surface area (Å²) in [6.45, 7) is 1.93. The molecule has 0 aliphatic heterocycles. The second-order valence-electron chi connectivity index (χ2n) is 4.52. The molecule has 0 fully saturated rings. The average Bonchev–Trinajstić information content (AvgIpc) is 2.89. The molecule has 0 N–H and O–H groups in total. The molecule has 0 unspecified atom stereocenters. The fourth-order valence-corrected chi connectivity index (χ4v) is 2.40. The number of benzene rings is 1. The summed E-state index contributed by atoms with van der Waals surface area (Å²) in [7, 11) is -1.52. The largest absolute Gasteiger partial charge is 0.248 e. The van der Waals surface area contributed by atoms with Crippen molar-refractivity contribution in [3.8, 4) is 5.69 Å². The van der Waals surface area contributed by atoms with Gasteiger partial charge in [-0.3, -0.25) is 0 Å². The Labute approximate surface area is 122 Å². The Bertz CT molecular complexity index is 922. The van der Waals surface area contributed by atoms with Crippen molar-refractivity contribution in [3.63, 3.8) is 0 Å². The summed E-state index contributed by atoms with van der Waals surface area (Å²) in [4.78, 5) is 7.86. The van der Waals surface area contributed by atoms with Gasteiger partial charge in [0.1, 0.15) is 7.28 Å². The number of sulfone groups is 1. The summed E-state index contributed by atoms with van der Waals surface area (Å²) in [5.74, 6) is 0. The molecule has 105 valence electrons. The first-order valence-electron chi connectivity index (χ1n) is 6.17. The number of aromatic nitrogens is 5. The molecule has 21 heavy (non-hydrogen) atoms. The summed E-state index contributed by atoms with van der Waals surface area (Å²) in [6, 6.07) is 7.61. The number of rotatable bonds is 3. The molecule has 0 amide bonds. The highest BCUT2D eigenvalue weighted by Crippen LogP contribution is 2.14. The molecule has 0 saturated heterocycles. The number of fused-ring (bicyclic) bond motifs is 1. The van der Waals surface area contributed by atoms with Crippen molar-refractivity contribution in [3.05, 3.63) is 30.5 Å². The number of nitrogens with zero attached hydrogens (tertiary/aromatic N) is 5. The van der Waals surface area contributed by atoms with Gasteiger partial charge in [0, 0.05) is 6.26 Å². The zero-order valence-electron chi connectivity index (χ0n) is 11.4. The first-order valence-corrected chi connectivity index (χ1v) is 8.06. The van der Waals surface area contributed by atoms with E-state index in [0.717, 1.165) is 17.4 Å². The van der Waals surface area contributed by atoms with E-state index in [-0.39, 0.29) is 5.16 Å². The second kappa shape index (κ2) is 4.92. The number of hydrogen-bond donors (Lipinski definition) is 0. The fraction of sp³-hybridized carbons (Fsp3) is 0.167. The van der Waals surface area contributed by atoms with Crippen LogP contribution in [0.1, 0.15) is 0 Å². The first-order chi connectivity index (χ1) is 9.99. The zero-order valence-corrected chi connectivity index (χ0v) is 12.2. The summed E-state index contributed by atoms with van der Waals surface area (Å²) in [6.07, 6.45) is 2.42. The molecule has 3 aromatic rings. The van der Waals surface area contributed by atoms with Crippen molar-refractivity contribution in [2.75, 3.05) is 6.26 Å². The minimum absolute atomic E-state index is 0.239. The lowest BCUT2D eigenvalue weighted by molar-refractivity contribution is 0.593. The van der Waals surface area contributed by atoms with E-state index in [4.69, 9.17) is 0 Å². The third kappa shape index (κ3) is 2.51. The highest BCUT2D eigenvalue weighted by molar-refractivity contribution is 7.90. The summed E-state index contributed by atoms with van der Waals surface area (Å²) < 4.78 is 24.6. The van der Waals surface area contributed by atoms with Crippen LogP contribution in [0.15, 0.2) is 35.6 Å². The Morgan fingerprint density at radius 2 is 2.10 bits per heavy atom. The Morgan fingerprint density at radius 3 is 2.81 bits per heavy atom. The normalized spacial score (nSPS) is 11.7. The Hall–Kier alpha value is -2.29. The van der Waals surface area contributed by atoms with Gasteiger partial charge in [0.05, 0.1) is 11.9 Å². The number of hydrogen-bond acceptors (Lipinski definition) is 6. The monoisotopic (exact) mass is 300 g/mol. The second-order valence-corrected chi connectivity index (χ2v) is 6.43. The van der Waals surface area contributed by atoms with Gasteiger partial charge in [0.15, 0.2) is 11.2 Å². The van der Waals surface area contributed by atoms with Gasteiger partial charge in [-0.1, -0.05) is 29.6 Å². The molecule has 2 aromatic heterocycles. The van der Waals surface area contributed by atoms with E-state index in [2.05, 4.69) is 20.3 Å². The Balaban J connectivity index is 2.23. The minimum atomic E-state index is -3.48. The molecule has 0 aliphatic carbocycles. The molecule has 0 aliphatic rings. The van der Waals surface area contributed by atoms with Gasteiger partial charge in [0.25, 0.3) is 0 Å². The van der Waals surface area contributed by atoms with Crippen LogP contribution in [0.4, 0.5) is 0 Å². The molecular formula is C12H11BN5O2S. The van der Waals surface area contributed by atoms with Crippen LogP contribution < -0.4 is 5.46 Å². The molecule has 2 heterocycles. The van der Waals surface area contributed by atoms with Crippen LogP contribution in [-0.2, 0) is 9.84 Å². The van der Waals surface area contributed by atoms with Gasteiger partial charge in [-0.15, -0.1) is 5.10 Å². The van der Waals surface area contributed by atoms with Crippen LogP contribution in [0.3, 0.4) is 0 Å². The standard InChI is InChI=1S/C12H11BN5O2S/c1-13-8-4-3-5-9(6-8)18-11-10(16-17-18)7-14-12(15-11)21(2,19)20/h3-7H,1-2H3. The van der Waals surface area contributed by atoms with Crippen LogP contribution in [0.5, 0.6) is 0 Å². The molecule has 1 radical (unpaired) electrons. The first kappa shape index (κ1) is 13.7. The van der Waals surface area contributed by atoms with E-state index in [0.29, 0.717) is 11.2 Å². The average molecular weight is 300 g/mol. The predicted molar refractivity (Wildman–Crippen MR) is 78.8 cm³/mol. The molecule has 0 saturated carbocycles. The van der Waals surface area contributed by atoms with Crippen LogP contribution in [-0.4, -0.2) is 46.9 Å². The van der Waals surface area contributed by atoms with E-state index in [1.54, 1.807) is 0 Å². The smallest absolute Gasteiger partial charge is 0.224 e. The van der Waals surface area contributed by atoms with Crippen LogP contribution >= 0.6 is 0 Å². The molecule has 9 heteroatoms. The van der Waals surface area contributed by atoms with Crippen molar-refractivity contribution in [1.29, 1.82) is 0 Å². The molecule has 3 rings (SSSR count). The van der Waals surface area contributed by atoms with E-state index in [1.807, 2.05) is 38.4 Å². The Kier molecular flexibility index (Phi) is 3.21. The molecule has 1 aromatic carbocycles. The quantitative estimate of drug-likeness (QED) is 0.499. The summed E-state index contributed by atoms with van der Waals surface area (Å²) in [5.41, 5.74) is 2.58. The maximum Gasteiger partial charge on any atom is 0.248 e. The van der Waals surface area contributed by atoms with Gasteiger partial charge in [-0.05, 0) is 12.1 Å². The highest BCUT2D eigenvalue weighted by atomic mass is 32.2. The lowest BCUT2D eigenvalue weighted by atomic mass is 9.73. The third-order valence-electron chi connectivity index (χ3n) is 2.95. The molecule has 0 spiro atoms. The van der Waals surface area contributed by atoms with Crippen molar-refractivity contribution >= 4 is 33.7 Å². The van der Waals surface area contributed by atoms with Crippen molar-refractivity contribution in [1.82, 2.24) is 25.0 Å². The molecule has 0 atom stereocenters. The van der Waals surface area contributed by atoms with Crippen LogP contribution in [0.25, 0.3) is 16.9 Å². The molecular weight excluding hydrogens is 289 g/mol. The summed E-state index contributed by atoms with van der Waals surface area (Å²) in [5, 5.41) is 7.74. The van der Waals surface area contributed by atoms with Gasteiger partial charge in [-0.2, -0.15) is 9.67 Å². The Morgan fingerprint density at radius 1 is 1.29 bits per heavy atom. The van der Waals surface area contributed by atoms with E-state index in [9.17, 15) is 8.42 Å². The molecule has 0 bridgehead atoms. The molecule has 7 nitrogen and oxygen atoms in total. The minimum Gasteiger partial charge on any atom is -0.224 e. The van der Waals surface area contributed by atoms with Crippen LogP contribution in [0, 0.1) is 0 Å².